The maximum Gasteiger partial charge on any atom is 0.269 e. The van der Waals surface area contributed by atoms with E-state index in [9.17, 15) is 14.9 Å². The normalized spacial score (nSPS) is 10.2. The Morgan fingerprint density at radius 3 is 2.30 bits per heavy atom. The molecule has 0 spiro atoms. The molecule has 0 saturated heterocycles. The topological polar surface area (TPSA) is 86.2 Å². The van der Waals surface area contributed by atoms with Gasteiger partial charge in [0.25, 0.3) is 5.69 Å². The van der Waals surface area contributed by atoms with Crippen molar-refractivity contribution in [3.63, 3.8) is 0 Å². The largest absolute Gasteiger partial charge is 0.366 e. The maximum atomic E-state index is 11.3. The first-order valence-corrected chi connectivity index (χ1v) is 6.19. The molecular weight excluding hydrogens is 256 g/mol. The number of nitro groups is 1. The van der Waals surface area contributed by atoms with Crippen LogP contribution < -0.4 is 5.73 Å². The fourth-order valence-corrected chi connectivity index (χ4v) is 2.04. The van der Waals surface area contributed by atoms with E-state index in [4.69, 9.17) is 5.73 Å². The number of nitro benzene ring substituents is 1. The van der Waals surface area contributed by atoms with E-state index in [2.05, 4.69) is 0 Å². The van der Waals surface area contributed by atoms with Crippen LogP contribution in [0.4, 0.5) is 5.69 Å². The molecule has 0 unspecified atom stereocenters. The molecule has 0 aliphatic heterocycles. The number of aryl methyl sites for hydroxylation is 2. The average molecular weight is 270 g/mol. The number of amides is 1. The molecule has 0 bridgehead atoms. The van der Waals surface area contributed by atoms with Crippen molar-refractivity contribution >= 4 is 11.6 Å². The van der Waals surface area contributed by atoms with Crippen LogP contribution in [0.15, 0.2) is 48.5 Å². The monoisotopic (exact) mass is 270 g/mol. The minimum atomic E-state index is -0.440. The van der Waals surface area contributed by atoms with Crippen LogP contribution in [0.3, 0.4) is 0 Å². The third kappa shape index (κ3) is 3.20. The smallest absolute Gasteiger partial charge is 0.269 e. The number of hydrogen-bond acceptors (Lipinski definition) is 3. The third-order valence-electron chi connectivity index (χ3n) is 3.11. The highest BCUT2D eigenvalue weighted by atomic mass is 16.6. The molecule has 0 fully saturated rings. The van der Waals surface area contributed by atoms with Gasteiger partial charge in [0.05, 0.1) is 4.92 Å². The highest BCUT2D eigenvalue weighted by Crippen LogP contribution is 2.15. The lowest BCUT2D eigenvalue weighted by atomic mass is 9.99. The van der Waals surface area contributed by atoms with Gasteiger partial charge in [0, 0.05) is 17.7 Å². The maximum absolute atomic E-state index is 11.3. The Bertz CT molecular complexity index is 636. The summed E-state index contributed by atoms with van der Waals surface area (Å²) in [5.41, 5.74) is 7.79. The molecule has 5 heteroatoms. The van der Waals surface area contributed by atoms with Crippen molar-refractivity contribution in [3.05, 3.63) is 75.3 Å². The van der Waals surface area contributed by atoms with Gasteiger partial charge in [-0.25, -0.2) is 0 Å². The van der Waals surface area contributed by atoms with Gasteiger partial charge in [0.1, 0.15) is 0 Å². The minimum Gasteiger partial charge on any atom is -0.366 e. The zero-order valence-electron chi connectivity index (χ0n) is 10.8. The Labute approximate surface area is 116 Å². The summed E-state index contributed by atoms with van der Waals surface area (Å²) in [5.74, 6) is -0.440. The van der Waals surface area contributed by atoms with Crippen LogP contribution in [-0.2, 0) is 12.8 Å². The molecule has 2 aromatic rings. The number of non-ortho nitro benzene ring substituents is 1. The van der Waals surface area contributed by atoms with Gasteiger partial charge in [-0.3, -0.25) is 14.9 Å². The van der Waals surface area contributed by atoms with Crippen LogP contribution >= 0.6 is 0 Å². The van der Waals surface area contributed by atoms with E-state index in [1.165, 1.54) is 12.1 Å². The molecule has 0 aliphatic rings. The summed E-state index contributed by atoms with van der Waals surface area (Å²) in [4.78, 5) is 21.4. The van der Waals surface area contributed by atoms with Gasteiger partial charge in [-0.1, -0.05) is 30.3 Å². The van der Waals surface area contributed by atoms with Crippen molar-refractivity contribution < 1.29 is 9.72 Å². The first kappa shape index (κ1) is 13.7. The summed E-state index contributed by atoms with van der Waals surface area (Å²) in [6.07, 6.45) is 1.36. The fraction of sp³-hybridized carbons (Fsp3) is 0.133. The van der Waals surface area contributed by atoms with E-state index >= 15 is 0 Å². The zero-order valence-corrected chi connectivity index (χ0v) is 10.8. The summed E-state index contributed by atoms with van der Waals surface area (Å²) in [5, 5.41) is 10.6. The predicted octanol–water partition coefficient (Wildman–Crippen LogP) is 2.48. The lowest BCUT2D eigenvalue weighted by molar-refractivity contribution is -0.384. The Balaban J connectivity index is 2.09. The lowest BCUT2D eigenvalue weighted by Gasteiger charge is -2.06. The van der Waals surface area contributed by atoms with E-state index in [0.29, 0.717) is 18.4 Å². The molecule has 2 rings (SSSR count). The lowest BCUT2D eigenvalue weighted by Crippen LogP contribution is -2.13. The second-order valence-corrected chi connectivity index (χ2v) is 4.44. The Morgan fingerprint density at radius 2 is 1.70 bits per heavy atom. The zero-order chi connectivity index (χ0) is 14.5. The summed E-state index contributed by atoms with van der Waals surface area (Å²) in [6, 6.07) is 13.6. The molecule has 1 amide bonds. The molecule has 102 valence electrons. The number of carbonyl (C=O) groups excluding carboxylic acids is 1. The van der Waals surface area contributed by atoms with Crippen LogP contribution in [0.25, 0.3) is 0 Å². The SMILES string of the molecule is NC(=O)c1ccccc1CCc1ccc([N+](=O)[O-])cc1. The summed E-state index contributed by atoms with van der Waals surface area (Å²) >= 11 is 0. The standard InChI is InChI=1S/C15H14N2O3/c16-15(18)14-4-2-1-3-12(14)8-5-11-6-9-13(10-7-11)17(19)20/h1-4,6-7,9-10H,5,8H2,(H2,16,18). The van der Waals surface area contributed by atoms with Crippen LogP contribution in [-0.4, -0.2) is 10.8 Å². The van der Waals surface area contributed by atoms with E-state index in [1.807, 2.05) is 12.1 Å². The first-order valence-electron chi connectivity index (χ1n) is 6.19. The third-order valence-corrected chi connectivity index (χ3v) is 3.11. The van der Waals surface area contributed by atoms with E-state index in [0.717, 1.165) is 11.1 Å². The van der Waals surface area contributed by atoms with Gasteiger partial charge < -0.3 is 5.73 Å². The van der Waals surface area contributed by atoms with Crippen molar-refractivity contribution in [2.75, 3.05) is 0 Å². The van der Waals surface area contributed by atoms with Gasteiger partial charge >= 0.3 is 0 Å². The number of benzene rings is 2. The van der Waals surface area contributed by atoms with Gasteiger partial charge in [-0.15, -0.1) is 0 Å². The van der Waals surface area contributed by atoms with Gasteiger partial charge in [-0.2, -0.15) is 0 Å². The van der Waals surface area contributed by atoms with Gasteiger partial charge in [0.2, 0.25) is 5.91 Å². The second-order valence-electron chi connectivity index (χ2n) is 4.44. The highest BCUT2D eigenvalue weighted by Gasteiger charge is 2.08. The van der Waals surface area contributed by atoms with Gasteiger partial charge in [0.15, 0.2) is 0 Å². The van der Waals surface area contributed by atoms with E-state index in [-0.39, 0.29) is 5.69 Å². The molecule has 0 heterocycles. The summed E-state index contributed by atoms with van der Waals surface area (Å²) in [6.45, 7) is 0. The van der Waals surface area contributed by atoms with Crippen molar-refractivity contribution in [1.82, 2.24) is 0 Å². The number of nitrogens with two attached hydrogens (primary N) is 1. The number of hydrogen-bond donors (Lipinski definition) is 1. The number of nitrogens with zero attached hydrogens (tertiary/aromatic N) is 1. The van der Waals surface area contributed by atoms with Crippen LogP contribution in [0.1, 0.15) is 21.5 Å². The van der Waals surface area contributed by atoms with Crippen molar-refractivity contribution in [1.29, 1.82) is 0 Å². The Morgan fingerprint density at radius 1 is 1.05 bits per heavy atom. The molecule has 2 aromatic carbocycles. The highest BCUT2D eigenvalue weighted by molar-refractivity contribution is 5.94. The number of primary amides is 1. The van der Waals surface area contributed by atoms with E-state index in [1.54, 1.807) is 24.3 Å². The first-order chi connectivity index (χ1) is 9.58. The van der Waals surface area contributed by atoms with Crippen LogP contribution in [0.2, 0.25) is 0 Å². The van der Waals surface area contributed by atoms with Crippen molar-refractivity contribution in [2.24, 2.45) is 5.73 Å². The summed E-state index contributed by atoms with van der Waals surface area (Å²) in [7, 11) is 0. The summed E-state index contributed by atoms with van der Waals surface area (Å²) < 4.78 is 0. The minimum absolute atomic E-state index is 0.0753. The molecular formula is C15H14N2O3. The second kappa shape index (κ2) is 5.97. The van der Waals surface area contributed by atoms with Crippen LogP contribution in [0, 0.1) is 10.1 Å². The van der Waals surface area contributed by atoms with Gasteiger partial charge in [-0.05, 0) is 30.0 Å². The van der Waals surface area contributed by atoms with Crippen molar-refractivity contribution in [2.45, 2.75) is 12.8 Å². The quantitative estimate of drug-likeness (QED) is 0.668. The average Bonchev–Trinajstić information content (AvgIpc) is 2.45. The molecule has 0 aliphatic carbocycles. The molecule has 20 heavy (non-hydrogen) atoms. The number of carbonyl (C=O) groups is 1. The Hall–Kier alpha value is -2.69. The van der Waals surface area contributed by atoms with Crippen molar-refractivity contribution in [3.8, 4) is 0 Å². The molecule has 0 radical (unpaired) electrons. The molecule has 0 aromatic heterocycles. The fourth-order valence-electron chi connectivity index (χ4n) is 2.04. The molecule has 2 N–H and O–H groups in total. The molecule has 0 atom stereocenters. The Kier molecular flexibility index (Phi) is 4.10. The number of rotatable bonds is 5. The van der Waals surface area contributed by atoms with Crippen LogP contribution in [0.5, 0.6) is 0 Å². The predicted molar refractivity (Wildman–Crippen MR) is 75.5 cm³/mol. The molecule has 0 saturated carbocycles. The van der Waals surface area contributed by atoms with E-state index < -0.39 is 10.8 Å². The molecule has 5 nitrogen and oxygen atoms in total.